The van der Waals surface area contributed by atoms with Crippen LogP contribution in [-0.2, 0) is 16.0 Å². The third-order valence-electron chi connectivity index (χ3n) is 5.00. The van der Waals surface area contributed by atoms with Crippen molar-refractivity contribution in [3.05, 3.63) is 53.6 Å². The molecule has 148 valence electrons. The minimum atomic E-state index is -0.385. The van der Waals surface area contributed by atoms with E-state index in [1.807, 2.05) is 63.2 Å². The van der Waals surface area contributed by atoms with Crippen LogP contribution in [0.5, 0.6) is 5.75 Å². The molecule has 1 aliphatic rings. The van der Waals surface area contributed by atoms with E-state index < -0.39 is 0 Å². The van der Waals surface area contributed by atoms with Crippen LogP contribution >= 0.6 is 0 Å². The molecule has 1 aliphatic heterocycles. The lowest BCUT2D eigenvalue weighted by molar-refractivity contribution is -0.122. The minimum Gasteiger partial charge on any atom is -0.489 e. The molecule has 0 aromatic heterocycles. The molecule has 0 spiro atoms. The van der Waals surface area contributed by atoms with Crippen LogP contribution in [0.1, 0.15) is 38.3 Å². The Kier molecular flexibility index (Phi) is 6.02. The zero-order valence-corrected chi connectivity index (χ0v) is 17.0. The lowest BCUT2D eigenvalue weighted by Gasteiger charge is -2.22. The Hall–Kier alpha value is -2.82. The number of ether oxygens (including phenoxy) is 1. The number of nitrogens with zero attached hydrogens (tertiary/aromatic N) is 1. The lowest BCUT2D eigenvalue weighted by Crippen LogP contribution is -2.29. The van der Waals surface area contributed by atoms with Gasteiger partial charge in [-0.05, 0) is 50.5 Å². The number of anilines is 2. The van der Waals surface area contributed by atoms with Crippen LogP contribution in [0.2, 0.25) is 0 Å². The van der Waals surface area contributed by atoms with Gasteiger partial charge in [-0.1, -0.05) is 37.3 Å². The number of carbonyl (C=O) groups excluding carboxylic acids is 2. The molecule has 5 nitrogen and oxygen atoms in total. The van der Waals surface area contributed by atoms with Crippen LogP contribution in [0.15, 0.2) is 42.5 Å². The first-order valence-electron chi connectivity index (χ1n) is 9.86. The topological polar surface area (TPSA) is 58.6 Å². The average Bonchev–Trinajstić information content (AvgIpc) is 3.05. The number of rotatable bonds is 6. The minimum absolute atomic E-state index is 0.00599. The van der Waals surface area contributed by atoms with Gasteiger partial charge in [0.05, 0.1) is 17.7 Å². The van der Waals surface area contributed by atoms with Gasteiger partial charge in [-0.2, -0.15) is 0 Å². The summed E-state index contributed by atoms with van der Waals surface area (Å²) in [5.74, 6) is 0.116. The highest BCUT2D eigenvalue weighted by Crippen LogP contribution is 2.34. The van der Waals surface area contributed by atoms with Crippen molar-refractivity contribution >= 4 is 23.2 Å². The molecule has 0 bridgehead atoms. The lowest BCUT2D eigenvalue weighted by atomic mass is 10.0. The molecule has 1 atom stereocenters. The van der Waals surface area contributed by atoms with E-state index in [4.69, 9.17) is 4.74 Å². The molecule has 2 aromatic rings. The molecule has 2 aromatic carbocycles. The van der Waals surface area contributed by atoms with Gasteiger partial charge in [0.15, 0.2) is 0 Å². The summed E-state index contributed by atoms with van der Waals surface area (Å²) in [4.78, 5) is 27.2. The monoisotopic (exact) mass is 380 g/mol. The summed E-state index contributed by atoms with van der Waals surface area (Å²) in [5, 5.41) is 3.06. The number of aryl methyl sites for hydroxylation is 2. The molecule has 0 saturated carbocycles. The second kappa shape index (κ2) is 8.46. The number of nitrogens with one attached hydrogen (secondary N) is 1. The van der Waals surface area contributed by atoms with E-state index >= 15 is 0 Å². The summed E-state index contributed by atoms with van der Waals surface area (Å²) in [6, 6.07) is 13.5. The van der Waals surface area contributed by atoms with E-state index in [0.717, 1.165) is 28.9 Å². The summed E-state index contributed by atoms with van der Waals surface area (Å²) in [6.45, 7) is 8.31. The van der Waals surface area contributed by atoms with Gasteiger partial charge in [-0.25, -0.2) is 0 Å². The van der Waals surface area contributed by atoms with Crippen molar-refractivity contribution in [3.63, 3.8) is 0 Å². The maximum absolute atomic E-state index is 12.9. The van der Waals surface area contributed by atoms with Gasteiger partial charge < -0.3 is 15.0 Å². The predicted molar refractivity (Wildman–Crippen MR) is 112 cm³/mol. The van der Waals surface area contributed by atoms with Crippen LogP contribution in [0.4, 0.5) is 11.4 Å². The number of amides is 2. The predicted octanol–water partition coefficient (Wildman–Crippen LogP) is 4.34. The van der Waals surface area contributed by atoms with E-state index in [2.05, 4.69) is 12.2 Å². The summed E-state index contributed by atoms with van der Waals surface area (Å²) in [6.07, 6.45) is 1.05. The Morgan fingerprint density at radius 1 is 1.21 bits per heavy atom. The van der Waals surface area contributed by atoms with E-state index in [9.17, 15) is 9.59 Å². The van der Waals surface area contributed by atoms with Crippen molar-refractivity contribution in [1.82, 2.24) is 0 Å². The van der Waals surface area contributed by atoms with Crippen LogP contribution in [0, 0.1) is 12.8 Å². The maximum atomic E-state index is 12.9. The number of carbonyl (C=O) groups is 2. The number of benzene rings is 2. The smallest absolute Gasteiger partial charge is 0.229 e. The van der Waals surface area contributed by atoms with Crippen molar-refractivity contribution in [3.8, 4) is 5.75 Å². The standard InChI is InChI=1S/C23H28N2O3/c1-5-17-10-8-9-16(4)22(17)24-23(27)18-13-21(26)25(14-18)19-11-6-7-12-20(19)28-15(2)3/h6-12,15,18H,5,13-14H2,1-4H3,(H,24,27). The van der Waals surface area contributed by atoms with Gasteiger partial charge >= 0.3 is 0 Å². The first-order chi connectivity index (χ1) is 13.4. The molecule has 0 radical (unpaired) electrons. The van der Waals surface area contributed by atoms with E-state index in [1.54, 1.807) is 4.90 Å². The number of hydrogen-bond donors (Lipinski definition) is 1. The van der Waals surface area contributed by atoms with Crippen LogP contribution in [0.3, 0.4) is 0 Å². The highest BCUT2D eigenvalue weighted by atomic mass is 16.5. The zero-order valence-electron chi connectivity index (χ0n) is 17.0. The summed E-state index contributed by atoms with van der Waals surface area (Å²) in [5.41, 5.74) is 3.72. The highest BCUT2D eigenvalue weighted by molar-refractivity contribution is 6.04. The molecule has 3 rings (SSSR count). The highest BCUT2D eigenvalue weighted by Gasteiger charge is 2.36. The fourth-order valence-electron chi connectivity index (χ4n) is 3.58. The van der Waals surface area contributed by atoms with Crippen molar-refractivity contribution < 1.29 is 14.3 Å². The third kappa shape index (κ3) is 4.19. The quantitative estimate of drug-likeness (QED) is 0.811. The Morgan fingerprint density at radius 2 is 1.96 bits per heavy atom. The van der Waals surface area contributed by atoms with Gasteiger partial charge in [0.1, 0.15) is 5.75 Å². The molecular formula is C23H28N2O3. The molecule has 1 N–H and O–H groups in total. The fraction of sp³-hybridized carbons (Fsp3) is 0.391. The Bertz CT molecular complexity index is 876. The first kappa shape index (κ1) is 19.9. The average molecular weight is 380 g/mol. The summed E-state index contributed by atoms with van der Waals surface area (Å²) < 4.78 is 5.85. The van der Waals surface area contributed by atoms with Crippen molar-refractivity contribution in [2.75, 3.05) is 16.8 Å². The first-order valence-corrected chi connectivity index (χ1v) is 9.86. The van der Waals surface area contributed by atoms with Gasteiger partial charge in [-0.3, -0.25) is 9.59 Å². The Labute approximate surface area is 166 Å². The van der Waals surface area contributed by atoms with Crippen LogP contribution < -0.4 is 15.0 Å². The molecular weight excluding hydrogens is 352 g/mol. The van der Waals surface area contributed by atoms with Gasteiger partial charge in [-0.15, -0.1) is 0 Å². The second-order valence-corrected chi connectivity index (χ2v) is 7.49. The molecule has 1 unspecified atom stereocenters. The fourth-order valence-corrected chi connectivity index (χ4v) is 3.58. The third-order valence-corrected chi connectivity index (χ3v) is 5.00. The van der Waals surface area contributed by atoms with Gasteiger partial charge in [0.2, 0.25) is 11.8 Å². The van der Waals surface area contributed by atoms with Crippen molar-refractivity contribution in [1.29, 1.82) is 0 Å². The SMILES string of the molecule is CCc1cccc(C)c1NC(=O)C1CC(=O)N(c2ccccc2OC(C)C)C1. The molecule has 5 heteroatoms. The second-order valence-electron chi connectivity index (χ2n) is 7.49. The van der Waals surface area contributed by atoms with E-state index in [1.165, 1.54) is 0 Å². The van der Waals surface area contributed by atoms with Gasteiger partial charge in [0, 0.05) is 18.7 Å². The zero-order chi connectivity index (χ0) is 20.3. The molecule has 1 saturated heterocycles. The molecule has 1 heterocycles. The largest absolute Gasteiger partial charge is 0.489 e. The summed E-state index contributed by atoms with van der Waals surface area (Å²) >= 11 is 0. The maximum Gasteiger partial charge on any atom is 0.229 e. The molecule has 1 fully saturated rings. The number of para-hydroxylation sites is 3. The van der Waals surface area contributed by atoms with Crippen LogP contribution in [-0.4, -0.2) is 24.5 Å². The molecule has 0 aliphatic carbocycles. The van der Waals surface area contributed by atoms with Crippen molar-refractivity contribution in [2.24, 2.45) is 5.92 Å². The Morgan fingerprint density at radius 3 is 2.68 bits per heavy atom. The van der Waals surface area contributed by atoms with Gasteiger partial charge in [0.25, 0.3) is 0 Å². The number of hydrogen-bond acceptors (Lipinski definition) is 3. The van der Waals surface area contributed by atoms with E-state index in [0.29, 0.717) is 12.3 Å². The normalized spacial score (nSPS) is 16.5. The van der Waals surface area contributed by atoms with Crippen molar-refractivity contribution in [2.45, 2.75) is 46.6 Å². The van der Waals surface area contributed by atoms with E-state index in [-0.39, 0.29) is 30.3 Å². The Balaban J connectivity index is 1.78. The molecule has 2 amide bonds. The van der Waals surface area contributed by atoms with Crippen LogP contribution in [0.25, 0.3) is 0 Å². The molecule has 28 heavy (non-hydrogen) atoms. The summed E-state index contributed by atoms with van der Waals surface area (Å²) in [7, 11) is 0.